The zero-order valence-corrected chi connectivity index (χ0v) is 7.95. The minimum Gasteiger partial charge on any atom is -0.379 e. The van der Waals surface area contributed by atoms with Gasteiger partial charge in [0.1, 0.15) is 0 Å². The number of ether oxygens (including phenoxy) is 2. The van der Waals surface area contributed by atoms with Crippen LogP contribution in [0, 0.1) is 5.92 Å². The number of hydrogen-bond acceptors (Lipinski definition) is 3. The van der Waals surface area contributed by atoms with Gasteiger partial charge < -0.3 is 15.2 Å². The van der Waals surface area contributed by atoms with Gasteiger partial charge in [0, 0.05) is 12.6 Å². The molecule has 0 aromatic rings. The molecule has 1 aliphatic heterocycles. The largest absolute Gasteiger partial charge is 0.379 e. The van der Waals surface area contributed by atoms with Gasteiger partial charge in [-0.2, -0.15) is 0 Å². The molecule has 3 nitrogen and oxygen atoms in total. The Kier molecular flexibility index (Phi) is 3.98. The van der Waals surface area contributed by atoms with Crippen LogP contribution < -0.4 is 5.73 Å². The summed E-state index contributed by atoms with van der Waals surface area (Å²) < 4.78 is 10.8. The Hall–Kier alpha value is -0.120. The first kappa shape index (κ1) is 9.96. The van der Waals surface area contributed by atoms with Crippen LogP contribution in [0.25, 0.3) is 0 Å². The summed E-state index contributed by atoms with van der Waals surface area (Å²) in [7, 11) is 0. The maximum atomic E-state index is 5.83. The predicted octanol–water partition coefficient (Wildman–Crippen LogP) is 0.775. The fourth-order valence-electron chi connectivity index (χ4n) is 1.08. The van der Waals surface area contributed by atoms with E-state index in [0.29, 0.717) is 12.5 Å². The van der Waals surface area contributed by atoms with Crippen molar-refractivity contribution in [3.63, 3.8) is 0 Å². The molecule has 0 bridgehead atoms. The second-order valence-electron chi connectivity index (χ2n) is 3.73. The van der Waals surface area contributed by atoms with Crippen LogP contribution >= 0.6 is 0 Å². The lowest BCUT2D eigenvalue weighted by molar-refractivity contribution is 0.0294. The molecule has 1 heterocycles. The minimum absolute atomic E-state index is 0.158. The quantitative estimate of drug-likeness (QED) is 0.683. The first-order valence-corrected chi connectivity index (χ1v) is 4.65. The van der Waals surface area contributed by atoms with Crippen molar-refractivity contribution in [1.82, 2.24) is 0 Å². The Bertz CT molecular complexity index is 120. The molecule has 3 heteroatoms. The van der Waals surface area contributed by atoms with Crippen molar-refractivity contribution in [2.75, 3.05) is 19.8 Å². The fraction of sp³-hybridized carbons (Fsp3) is 1.00. The molecule has 1 saturated heterocycles. The van der Waals surface area contributed by atoms with E-state index in [9.17, 15) is 0 Å². The summed E-state index contributed by atoms with van der Waals surface area (Å²) in [5.41, 5.74) is 5.83. The highest BCUT2D eigenvalue weighted by Gasteiger charge is 2.17. The summed E-state index contributed by atoms with van der Waals surface area (Å²) >= 11 is 0. The average molecular weight is 173 g/mol. The van der Waals surface area contributed by atoms with E-state index in [0.717, 1.165) is 19.6 Å². The third kappa shape index (κ3) is 3.09. The topological polar surface area (TPSA) is 44.5 Å². The van der Waals surface area contributed by atoms with Gasteiger partial charge in [-0.1, -0.05) is 13.8 Å². The summed E-state index contributed by atoms with van der Waals surface area (Å²) in [6.45, 7) is 6.45. The summed E-state index contributed by atoms with van der Waals surface area (Å²) in [6, 6.07) is 0.158. The molecule has 12 heavy (non-hydrogen) atoms. The zero-order valence-electron chi connectivity index (χ0n) is 7.95. The standard InChI is InChI=1S/C9H19NO2/c1-7(2)9(10)6-12-8-3-4-11-5-8/h7-9H,3-6,10H2,1-2H3. The molecule has 2 N–H and O–H groups in total. The predicted molar refractivity (Wildman–Crippen MR) is 48.0 cm³/mol. The van der Waals surface area contributed by atoms with E-state index < -0.39 is 0 Å². The zero-order chi connectivity index (χ0) is 8.97. The monoisotopic (exact) mass is 173 g/mol. The van der Waals surface area contributed by atoms with Crippen LogP contribution in [0.3, 0.4) is 0 Å². The highest BCUT2D eigenvalue weighted by molar-refractivity contribution is 4.68. The van der Waals surface area contributed by atoms with Crippen molar-refractivity contribution in [3.05, 3.63) is 0 Å². The third-order valence-corrected chi connectivity index (χ3v) is 2.27. The van der Waals surface area contributed by atoms with Crippen molar-refractivity contribution < 1.29 is 9.47 Å². The van der Waals surface area contributed by atoms with Gasteiger partial charge in [0.25, 0.3) is 0 Å². The lowest BCUT2D eigenvalue weighted by Gasteiger charge is -2.18. The van der Waals surface area contributed by atoms with Crippen molar-refractivity contribution in [2.45, 2.75) is 32.4 Å². The second-order valence-corrected chi connectivity index (χ2v) is 3.73. The van der Waals surface area contributed by atoms with E-state index in [1.807, 2.05) is 0 Å². The van der Waals surface area contributed by atoms with Crippen molar-refractivity contribution in [3.8, 4) is 0 Å². The van der Waals surface area contributed by atoms with Crippen LogP contribution in [-0.2, 0) is 9.47 Å². The van der Waals surface area contributed by atoms with Crippen LogP contribution in [0.4, 0.5) is 0 Å². The van der Waals surface area contributed by atoms with Crippen LogP contribution in [0.15, 0.2) is 0 Å². The third-order valence-electron chi connectivity index (χ3n) is 2.27. The van der Waals surface area contributed by atoms with Crippen LogP contribution in [0.2, 0.25) is 0 Å². The molecular weight excluding hydrogens is 154 g/mol. The van der Waals surface area contributed by atoms with E-state index in [4.69, 9.17) is 15.2 Å². The van der Waals surface area contributed by atoms with Crippen molar-refractivity contribution in [2.24, 2.45) is 11.7 Å². The number of hydrogen-bond donors (Lipinski definition) is 1. The average Bonchev–Trinajstić information content (AvgIpc) is 2.51. The minimum atomic E-state index is 0.158. The van der Waals surface area contributed by atoms with Crippen molar-refractivity contribution in [1.29, 1.82) is 0 Å². The van der Waals surface area contributed by atoms with E-state index in [2.05, 4.69) is 13.8 Å². The normalized spacial score (nSPS) is 26.5. The van der Waals surface area contributed by atoms with E-state index >= 15 is 0 Å². The van der Waals surface area contributed by atoms with Crippen molar-refractivity contribution >= 4 is 0 Å². The highest BCUT2D eigenvalue weighted by Crippen LogP contribution is 2.09. The molecule has 72 valence electrons. The van der Waals surface area contributed by atoms with Gasteiger partial charge in [0.05, 0.1) is 19.3 Å². The van der Waals surface area contributed by atoms with Gasteiger partial charge >= 0.3 is 0 Å². The van der Waals surface area contributed by atoms with E-state index in [-0.39, 0.29) is 12.1 Å². The lowest BCUT2D eigenvalue weighted by atomic mass is 10.1. The number of rotatable bonds is 4. The fourth-order valence-corrected chi connectivity index (χ4v) is 1.08. The molecule has 0 aromatic carbocycles. The smallest absolute Gasteiger partial charge is 0.0831 e. The summed E-state index contributed by atoms with van der Waals surface area (Å²) in [5, 5.41) is 0. The Labute approximate surface area is 74.2 Å². The Morgan fingerprint density at radius 3 is 2.83 bits per heavy atom. The summed E-state index contributed by atoms with van der Waals surface area (Å²) in [4.78, 5) is 0. The lowest BCUT2D eigenvalue weighted by Crippen LogP contribution is -2.33. The van der Waals surface area contributed by atoms with Gasteiger partial charge in [-0.15, -0.1) is 0 Å². The molecule has 2 atom stereocenters. The first-order chi connectivity index (χ1) is 5.70. The molecule has 0 spiro atoms. The van der Waals surface area contributed by atoms with E-state index in [1.54, 1.807) is 0 Å². The van der Waals surface area contributed by atoms with Gasteiger partial charge in [-0.05, 0) is 12.3 Å². The Morgan fingerprint density at radius 1 is 1.58 bits per heavy atom. The first-order valence-electron chi connectivity index (χ1n) is 4.65. The molecule has 0 amide bonds. The molecule has 2 unspecified atom stereocenters. The molecule has 0 aromatic heterocycles. The molecule has 1 rings (SSSR count). The molecule has 1 aliphatic rings. The molecule has 0 saturated carbocycles. The van der Waals surface area contributed by atoms with Gasteiger partial charge in [0.15, 0.2) is 0 Å². The molecule has 1 fully saturated rings. The van der Waals surface area contributed by atoms with Gasteiger partial charge in [0.2, 0.25) is 0 Å². The van der Waals surface area contributed by atoms with Crippen LogP contribution in [0.1, 0.15) is 20.3 Å². The maximum Gasteiger partial charge on any atom is 0.0831 e. The maximum absolute atomic E-state index is 5.83. The van der Waals surface area contributed by atoms with Gasteiger partial charge in [-0.25, -0.2) is 0 Å². The van der Waals surface area contributed by atoms with Gasteiger partial charge in [-0.3, -0.25) is 0 Å². The Morgan fingerprint density at radius 2 is 2.33 bits per heavy atom. The molecule has 0 aliphatic carbocycles. The van der Waals surface area contributed by atoms with Crippen LogP contribution in [-0.4, -0.2) is 32.0 Å². The highest BCUT2D eigenvalue weighted by atomic mass is 16.5. The van der Waals surface area contributed by atoms with Crippen LogP contribution in [0.5, 0.6) is 0 Å². The molecular formula is C9H19NO2. The summed E-state index contributed by atoms with van der Waals surface area (Å²) in [6.07, 6.45) is 1.31. The number of nitrogens with two attached hydrogens (primary N) is 1. The molecule has 0 radical (unpaired) electrons. The summed E-state index contributed by atoms with van der Waals surface area (Å²) in [5.74, 6) is 0.493. The van der Waals surface area contributed by atoms with E-state index in [1.165, 1.54) is 0 Å². The second kappa shape index (κ2) is 4.80. The Balaban J connectivity index is 2.07. The SMILES string of the molecule is CC(C)C(N)COC1CCOC1.